The van der Waals surface area contributed by atoms with Crippen LogP contribution in [0.4, 0.5) is 0 Å². The first-order chi connectivity index (χ1) is 9.58. The van der Waals surface area contributed by atoms with Gasteiger partial charge in [0.15, 0.2) is 5.65 Å². The molecule has 0 aliphatic carbocycles. The van der Waals surface area contributed by atoms with Crippen molar-refractivity contribution in [3.63, 3.8) is 0 Å². The zero-order chi connectivity index (χ0) is 14.3. The summed E-state index contributed by atoms with van der Waals surface area (Å²) in [5.74, 6) is -1.25. The minimum Gasteiger partial charge on any atom is -0.507 e. The highest BCUT2D eigenvalue weighted by atomic mass is 16.3. The van der Waals surface area contributed by atoms with Gasteiger partial charge in [0, 0.05) is 11.6 Å². The number of benzene rings is 1. The first kappa shape index (κ1) is 12.2. The smallest absolute Gasteiger partial charge is 0.277 e. The maximum Gasteiger partial charge on any atom is 0.277 e. The molecule has 0 fully saturated rings. The van der Waals surface area contributed by atoms with E-state index >= 15 is 0 Å². The van der Waals surface area contributed by atoms with Crippen molar-refractivity contribution in [2.24, 2.45) is 0 Å². The van der Waals surface area contributed by atoms with Crippen LogP contribution < -0.4 is 5.73 Å². The normalized spacial score (nSPS) is 10.8. The van der Waals surface area contributed by atoms with E-state index in [0.29, 0.717) is 5.69 Å². The van der Waals surface area contributed by atoms with Crippen molar-refractivity contribution in [3.05, 3.63) is 47.8 Å². The van der Waals surface area contributed by atoms with E-state index in [4.69, 9.17) is 5.73 Å². The maximum absolute atomic E-state index is 11.3. The maximum atomic E-state index is 11.3. The number of aryl methyl sites for hydroxylation is 1. The van der Waals surface area contributed by atoms with E-state index in [1.165, 1.54) is 16.9 Å². The number of hydrogen-bond donors (Lipinski definition) is 1. The van der Waals surface area contributed by atoms with Gasteiger partial charge in [-0.2, -0.15) is 5.10 Å². The Hall–Kier alpha value is -2.89. The molecule has 6 heteroatoms. The van der Waals surface area contributed by atoms with Gasteiger partial charge in [-0.3, -0.25) is 10.5 Å². The highest BCUT2D eigenvalue weighted by molar-refractivity contribution is 6.01. The van der Waals surface area contributed by atoms with Crippen LogP contribution in [0.2, 0.25) is 0 Å². The number of fused-ring (bicyclic) bond motifs is 1. The van der Waals surface area contributed by atoms with Gasteiger partial charge in [0.05, 0.1) is 5.69 Å². The molecule has 0 spiro atoms. The largest absolute Gasteiger partial charge is 0.507 e. The van der Waals surface area contributed by atoms with E-state index < -0.39 is 5.91 Å². The molecule has 6 nitrogen and oxygen atoms in total. The van der Waals surface area contributed by atoms with Crippen LogP contribution in [-0.2, 0) is 0 Å². The molecule has 1 amide bonds. The van der Waals surface area contributed by atoms with Crippen LogP contribution in [0.3, 0.4) is 0 Å². The third-order valence-electron chi connectivity index (χ3n) is 3.10. The Morgan fingerprint density at radius 1 is 1.30 bits per heavy atom. The molecule has 0 aliphatic heterocycles. The zero-order valence-corrected chi connectivity index (χ0v) is 10.7. The quantitative estimate of drug-likeness (QED) is 0.766. The van der Waals surface area contributed by atoms with Crippen molar-refractivity contribution in [1.29, 1.82) is 0 Å². The van der Waals surface area contributed by atoms with Gasteiger partial charge >= 0.3 is 0 Å². The summed E-state index contributed by atoms with van der Waals surface area (Å²) in [5.41, 5.74) is 9.81. The van der Waals surface area contributed by atoms with Crippen LogP contribution in [-0.4, -0.2) is 25.6 Å². The molecule has 0 bridgehead atoms. The average Bonchev–Trinajstić information content (AvgIpc) is 2.87. The van der Waals surface area contributed by atoms with Crippen molar-refractivity contribution in [3.8, 4) is 17.0 Å². The van der Waals surface area contributed by atoms with Crippen LogP contribution in [0.1, 0.15) is 15.9 Å². The molecule has 0 unspecified atom stereocenters. The number of carbonyl (C=O) groups is 1. The van der Waals surface area contributed by atoms with Gasteiger partial charge in [-0.25, -0.2) is 9.50 Å². The molecular formula is C14H11N4O2. The molecule has 0 saturated carbocycles. The number of nitrogens with zero attached hydrogens (tertiary/aromatic N) is 3. The van der Waals surface area contributed by atoms with Crippen molar-refractivity contribution >= 4 is 11.6 Å². The van der Waals surface area contributed by atoms with Crippen LogP contribution in [0, 0.1) is 6.92 Å². The van der Waals surface area contributed by atoms with Crippen LogP contribution in [0.25, 0.3) is 16.9 Å². The fourth-order valence-corrected chi connectivity index (χ4v) is 2.11. The Kier molecular flexibility index (Phi) is 2.64. The van der Waals surface area contributed by atoms with Crippen molar-refractivity contribution < 1.29 is 9.90 Å². The summed E-state index contributed by atoms with van der Waals surface area (Å²) in [5, 5.41) is 14.0. The lowest BCUT2D eigenvalue weighted by atomic mass is 10.1. The Bertz CT molecular complexity index is 806. The van der Waals surface area contributed by atoms with E-state index in [9.17, 15) is 9.90 Å². The number of amides is 1. The number of aromatic nitrogens is 3. The first-order valence-corrected chi connectivity index (χ1v) is 5.96. The van der Waals surface area contributed by atoms with Crippen LogP contribution >= 0.6 is 0 Å². The SMILES string of the molecule is Cc1ccc(-c2cc(O)c(C([NH])=O)c3ncnn23)cc1. The predicted octanol–water partition coefficient (Wildman–Crippen LogP) is 1.83. The molecule has 2 aromatic heterocycles. The number of rotatable bonds is 2. The summed E-state index contributed by atoms with van der Waals surface area (Å²) < 4.78 is 1.45. The third kappa shape index (κ3) is 1.78. The molecule has 0 saturated heterocycles. The van der Waals surface area contributed by atoms with Gasteiger partial charge in [-0.1, -0.05) is 29.8 Å². The molecule has 3 rings (SSSR count). The van der Waals surface area contributed by atoms with Gasteiger partial charge < -0.3 is 5.11 Å². The predicted molar refractivity (Wildman–Crippen MR) is 72.3 cm³/mol. The summed E-state index contributed by atoms with van der Waals surface area (Å²) in [6, 6.07) is 9.10. The van der Waals surface area contributed by atoms with Gasteiger partial charge in [0.25, 0.3) is 5.91 Å². The summed E-state index contributed by atoms with van der Waals surface area (Å²) in [4.78, 5) is 15.3. The monoisotopic (exact) mass is 267 g/mol. The second-order valence-electron chi connectivity index (χ2n) is 4.48. The number of hydrogen-bond acceptors (Lipinski definition) is 4. The second kappa shape index (κ2) is 4.34. The molecular weight excluding hydrogens is 256 g/mol. The molecule has 1 radical (unpaired) electrons. The van der Waals surface area contributed by atoms with E-state index in [-0.39, 0.29) is 17.0 Å². The Morgan fingerprint density at radius 2 is 2.00 bits per heavy atom. The Labute approximate surface area is 114 Å². The minimum absolute atomic E-state index is 0.140. The molecule has 0 aliphatic rings. The number of pyridine rings is 1. The summed E-state index contributed by atoms with van der Waals surface area (Å²) in [7, 11) is 0. The summed E-state index contributed by atoms with van der Waals surface area (Å²) >= 11 is 0. The molecule has 3 aromatic rings. The first-order valence-electron chi connectivity index (χ1n) is 5.96. The highest BCUT2D eigenvalue weighted by Gasteiger charge is 2.19. The van der Waals surface area contributed by atoms with Crippen LogP contribution in [0.15, 0.2) is 36.7 Å². The third-order valence-corrected chi connectivity index (χ3v) is 3.10. The Morgan fingerprint density at radius 3 is 2.65 bits per heavy atom. The van der Waals surface area contributed by atoms with Crippen molar-refractivity contribution in [2.75, 3.05) is 0 Å². The molecule has 2 N–H and O–H groups in total. The summed E-state index contributed by atoms with van der Waals surface area (Å²) in [6.07, 6.45) is 1.29. The lowest BCUT2D eigenvalue weighted by Gasteiger charge is -2.08. The van der Waals surface area contributed by atoms with Crippen molar-refractivity contribution in [1.82, 2.24) is 20.3 Å². The van der Waals surface area contributed by atoms with E-state index in [0.717, 1.165) is 11.1 Å². The molecule has 2 heterocycles. The highest BCUT2D eigenvalue weighted by Crippen LogP contribution is 2.29. The lowest BCUT2D eigenvalue weighted by molar-refractivity contribution is 0.0990. The fourth-order valence-electron chi connectivity index (χ4n) is 2.11. The van der Waals surface area contributed by atoms with Gasteiger partial charge in [0.2, 0.25) is 0 Å². The van der Waals surface area contributed by atoms with E-state index in [1.807, 2.05) is 31.2 Å². The minimum atomic E-state index is -0.990. The zero-order valence-electron chi connectivity index (χ0n) is 10.7. The summed E-state index contributed by atoms with van der Waals surface area (Å²) in [6.45, 7) is 1.98. The Balaban J connectivity index is 2.33. The van der Waals surface area contributed by atoms with E-state index in [1.54, 1.807) is 0 Å². The van der Waals surface area contributed by atoms with Crippen LogP contribution in [0.5, 0.6) is 5.75 Å². The fraction of sp³-hybridized carbons (Fsp3) is 0.0714. The van der Waals surface area contributed by atoms with Crippen molar-refractivity contribution in [2.45, 2.75) is 6.92 Å². The van der Waals surface area contributed by atoms with Gasteiger partial charge in [0.1, 0.15) is 17.6 Å². The number of carbonyl (C=O) groups excluding carboxylic acids is 1. The van der Waals surface area contributed by atoms with Gasteiger partial charge in [-0.15, -0.1) is 0 Å². The van der Waals surface area contributed by atoms with E-state index in [2.05, 4.69) is 10.1 Å². The molecule has 20 heavy (non-hydrogen) atoms. The number of aromatic hydroxyl groups is 1. The molecule has 1 aromatic carbocycles. The standard InChI is InChI=1S/C14H11N4O2/c1-8-2-4-9(5-3-8)10-6-11(19)12(13(15)20)14-16-7-17-18(10)14/h2-7,15,19H,1H3. The number of nitrogens with one attached hydrogen (secondary N) is 1. The average molecular weight is 267 g/mol. The topological polar surface area (TPSA) is 91.3 Å². The second-order valence-corrected chi connectivity index (χ2v) is 4.48. The lowest BCUT2D eigenvalue weighted by Crippen LogP contribution is -2.05. The molecule has 0 atom stereocenters. The molecule has 99 valence electrons. The van der Waals surface area contributed by atoms with Gasteiger partial charge in [-0.05, 0) is 6.92 Å².